The summed E-state index contributed by atoms with van der Waals surface area (Å²) in [5.74, 6) is 3.50. The van der Waals surface area contributed by atoms with Crippen LogP contribution in [-0.4, -0.2) is 93.2 Å². The molecule has 2 aromatic heterocycles. The summed E-state index contributed by atoms with van der Waals surface area (Å²) in [6.45, 7) is 11.0. The number of nitrogens with one attached hydrogen (secondary N) is 1. The average molecular weight is 507 g/mol. The molecule has 0 aromatic carbocycles. The van der Waals surface area contributed by atoms with E-state index in [0.717, 1.165) is 74.8 Å². The number of carbonyl (C=O) groups excluding carboxylic acids is 1. The summed E-state index contributed by atoms with van der Waals surface area (Å²) in [6, 6.07) is 0. The van der Waals surface area contributed by atoms with Crippen molar-refractivity contribution >= 4 is 17.5 Å². The quantitative estimate of drug-likeness (QED) is 0.648. The van der Waals surface area contributed by atoms with Crippen molar-refractivity contribution in [2.75, 3.05) is 45.9 Å². The highest BCUT2D eigenvalue weighted by molar-refractivity contribution is 5.99. The van der Waals surface area contributed by atoms with Crippen LogP contribution in [0.3, 0.4) is 0 Å². The number of aromatic nitrogens is 4. The standard InChI is InChI=1S/C26H34N8O3/c1-16-21(17(2)34-24(29-16)30-18(3)31-34)37-20-4-5-33(12-20)19-10-27-22(28-11-19)25-13-26(14-25,15-25)23(35)32-6-8-36-9-7-32/h10,20H,4-9,11-15H2,1-3H3,(H,27,28)/t20-,25?,26?/m1/s1. The Balaban J connectivity index is 0.950. The first-order chi connectivity index (χ1) is 17.9. The Hall–Kier alpha value is -3.21. The first-order valence-electron chi connectivity index (χ1n) is 13.4. The van der Waals surface area contributed by atoms with Gasteiger partial charge in [-0.15, -0.1) is 5.10 Å². The van der Waals surface area contributed by atoms with Crippen LogP contribution in [-0.2, 0) is 9.53 Å². The van der Waals surface area contributed by atoms with Crippen LogP contribution in [0.15, 0.2) is 16.9 Å². The zero-order valence-electron chi connectivity index (χ0n) is 21.8. The van der Waals surface area contributed by atoms with Gasteiger partial charge in [-0.1, -0.05) is 0 Å². The highest BCUT2D eigenvalue weighted by atomic mass is 16.5. The second-order valence-corrected chi connectivity index (χ2v) is 11.4. The van der Waals surface area contributed by atoms with Gasteiger partial charge in [0, 0.05) is 37.7 Å². The number of amides is 1. The molecule has 11 heteroatoms. The number of aryl methyl sites for hydroxylation is 3. The number of aliphatic imine (C=N–C) groups is 1. The SMILES string of the molecule is Cc1nc2nc(C)c(O[C@@H]3CCN(C4=CNC(C56CC(C(=O)N7CCOCC7)(C5)C6)=NC4)C3)c(C)n2n1. The fourth-order valence-corrected chi connectivity index (χ4v) is 6.97. The summed E-state index contributed by atoms with van der Waals surface area (Å²) < 4.78 is 13.6. The minimum Gasteiger partial charge on any atom is -0.485 e. The maximum atomic E-state index is 13.0. The van der Waals surface area contributed by atoms with E-state index in [4.69, 9.17) is 14.5 Å². The molecule has 3 saturated carbocycles. The van der Waals surface area contributed by atoms with Crippen LogP contribution in [0.5, 0.6) is 5.75 Å². The maximum Gasteiger partial charge on any atom is 0.253 e. The van der Waals surface area contributed by atoms with E-state index >= 15 is 0 Å². The molecule has 1 atom stereocenters. The van der Waals surface area contributed by atoms with Gasteiger partial charge in [0.05, 0.1) is 48.8 Å². The van der Waals surface area contributed by atoms with Gasteiger partial charge in [-0.3, -0.25) is 9.79 Å². The highest BCUT2D eigenvalue weighted by Gasteiger charge is 2.74. The molecule has 6 aliphatic rings. The Morgan fingerprint density at radius 3 is 2.65 bits per heavy atom. The molecule has 2 aromatic rings. The van der Waals surface area contributed by atoms with E-state index in [-0.39, 0.29) is 16.9 Å². The van der Waals surface area contributed by atoms with Crippen LogP contribution >= 0.6 is 0 Å². The molecular weight excluding hydrogens is 472 g/mol. The number of likely N-dealkylation sites (tertiary alicyclic amines) is 1. The lowest BCUT2D eigenvalue weighted by molar-refractivity contribution is -0.195. The number of amidine groups is 1. The van der Waals surface area contributed by atoms with Crippen molar-refractivity contribution in [3.8, 4) is 5.75 Å². The molecule has 0 unspecified atom stereocenters. The lowest BCUT2D eigenvalue weighted by Crippen LogP contribution is -2.73. The van der Waals surface area contributed by atoms with E-state index in [9.17, 15) is 4.79 Å². The van der Waals surface area contributed by atoms with Gasteiger partial charge in [-0.05, 0) is 40.0 Å². The fourth-order valence-electron chi connectivity index (χ4n) is 6.97. The third-order valence-electron chi connectivity index (χ3n) is 8.83. The lowest BCUT2D eigenvalue weighted by Gasteiger charge is -2.70. The molecule has 3 aliphatic carbocycles. The Bertz CT molecular complexity index is 1320. The van der Waals surface area contributed by atoms with Crippen molar-refractivity contribution in [2.24, 2.45) is 15.8 Å². The van der Waals surface area contributed by atoms with Gasteiger partial charge in [0.2, 0.25) is 5.91 Å². The number of morpholine rings is 1. The molecule has 5 heterocycles. The summed E-state index contributed by atoms with van der Waals surface area (Å²) in [7, 11) is 0. The molecule has 196 valence electrons. The minimum absolute atomic E-state index is 0.0705. The average Bonchev–Trinajstić information content (AvgIpc) is 3.47. The van der Waals surface area contributed by atoms with Crippen molar-refractivity contribution in [1.82, 2.24) is 34.7 Å². The van der Waals surface area contributed by atoms with E-state index in [1.165, 1.54) is 5.70 Å². The minimum atomic E-state index is -0.149. The van der Waals surface area contributed by atoms with E-state index in [1.807, 2.05) is 25.7 Å². The molecule has 2 saturated heterocycles. The third kappa shape index (κ3) is 3.53. The Labute approximate surface area is 215 Å². The smallest absolute Gasteiger partial charge is 0.253 e. The van der Waals surface area contributed by atoms with Gasteiger partial charge < -0.3 is 24.6 Å². The normalized spacial score (nSPS) is 30.8. The molecule has 0 radical (unpaired) electrons. The number of hydrogen-bond acceptors (Lipinski definition) is 9. The molecule has 37 heavy (non-hydrogen) atoms. The van der Waals surface area contributed by atoms with Crippen LogP contribution in [0.25, 0.3) is 5.78 Å². The van der Waals surface area contributed by atoms with E-state index in [1.54, 1.807) is 4.52 Å². The molecule has 5 fully saturated rings. The van der Waals surface area contributed by atoms with Crippen molar-refractivity contribution in [3.05, 3.63) is 29.1 Å². The summed E-state index contributed by atoms with van der Waals surface area (Å²) in [4.78, 5) is 31.3. The predicted octanol–water partition coefficient (Wildman–Crippen LogP) is 1.37. The molecule has 0 spiro atoms. The Morgan fingerprint density at radius 1 is 1.14 bits per heavy atom. The first kappa shape index (κ1) is 22.9. The van der Waals surface area contributed by atoms with Gasteiger partial charge in [0.25, 0.3) is 5.78 Å². The Kier molecular flexibility index (Phi) is 5.05. The topological polar surface area (TPSA) is 109 Å². The van der Waals surface area contributed by atoms with Crippen molar-refractivity contribution in [1.29, 1.82) is 0 Å². The van der Waals surface area contributed by atoms with Crippen LogP contribution in [0.2, 0.25) is 0 Å². The summed E-state index contributed by atoms with van der Waals surface area (Å²) in [6.07, 6.45) is 5.91. The molecule has 11 nitrogen and oxygen atoms in total. The van der Waals surface area contributed by atoms with Gasteiger partial charge in [-0.2, -0.15) is 9.50 Å². The summed E-state index contributed by atoms with van der Waals surface area (Å²) in [5, 5.41) is 7.95. The molecule has 1 N–H and O–H groups in total. The molecule has 1 amide bonds. The number of rotatable bonds is 5. The van der Waals surface area contributed by atoms with E-state index < -0.39 is 0 Å². The maximum absolute atomic E-state index is 13.0. The molecule has 8 rings (SSSR count). The second-order valence-electron chi connectivity index (χ2n) is 11.4. The lowest BCUT2D eigenvalue weighted by atomic mass is 9.34. The van der Waals surface area contributed by atoms with Crippen LogP contribution in [0.4, 0.5) is 0 Å². The Morgan fingerprint density at radius 2 is 1.92 bits per heavy atom. The van der Waals surface area contributed by atoms with E-state index in [2.05, 4.69) is 31.5 Å². The van der Waals surface area contributed by atoms with Gasteiger partial charge >= 0.3 is 0 Å². The predicted molar refractivity (Wildman–Crippen MR) is 135 cm³/mol. The molecule has 3 aliphatic heterocycles. The first-order valence-corrected chi connectivity index (χ1v) is 13.4. The monoisotopic (exact) mass is 506 g/mol. The number of ether oxygens (including phenoxy) is 2. The third-order valence-corrected chi connectivity index (χ3v) is 8.83. The van der Waals surface area contributed by atoms with E-state index in [0.29, 0.717) is 37.3 Å². The second kappa shape index (κ2) is 8.14. The van der Waals surface area contributed by atoms with Gasteiger partial charge in [-0.25, -0.2) is 4.98 Å². The van der Waals surface area contributed by atoms with Crippen LogP contribution in [0.1, 0.15) is 42.9 Å². The summed E-state index contributed by atoms with van der Waals surface area (Å²) >= 11 is 0. The van der Waals surface area contributed by atoms with Gasteiger partial charge in [0.15, 0.2) is 5.75 Å². The largest absolute Gasteiger partial charge is 0.485 e. The number of hydrogen-bond donors (Lipinski definition) is 1. The van der Waals surface area contributed by atoms with Crippen molar-refractivity contribution in [2.45, 2.75) is 52.6 Å². The van der Waals surface area contributed by atoms with Crippen molar-refractivity contribution < 1.29 is 14.3 Å². The number of fused-ring (bicyclic) bond motifs is 1. The van der Waals surface area contributed by atoms with Gasteiger partial charge in [0.1, 0.15) is 17.8 Å². The molecular formula is C26H34N8O3. The number of nitrogens with zero attached hydrogens (tertiary/aromatic N) is 7. The fraction of sp³-hybridized carbons (Fsp3) is 0.654. The number of carbonyl (C=O) groups is 1. The summed E-state index contributed by atoms with van der Waals surface area (Å²) in [5.41, 5.74) is 2.88. The van der Waals surface area contributed by atoms with Crippen molar-refractivity contribution in [3.63, 3.8) is 0 Å². The van der Waals surface area contributed by atoms with Crippen LogP contribution in [0, 0.1) is 31.6 Å². The zero-order valence-corrected chi connectivity index (χ0v) is 21.8. The molecule has 2 bridgehead atoms. The zero-order chi connectivity index (χ0) is 25.4. The highest BCUT2D eigenvalue weighted by Crippen LogP contribution is 2.74. The van der Waals surface area contributed by atoms with Crippen LogP contribution < -0.4 is 10.1 Å².